The third-order valence-electron chi connectivity index (χ3n) is 3.68. The monoisotopic (exact) mass is 438 g/mol. The van der Waals surface area contributed by atoms with E-state index in [1.807, 2.05) is 6.07 Å². The van der Waals surface area contributed by atoms with Crippen LogP contribution in [0.25, 0.3) is 0 Å². The maximum atomic E-state index is 12.5. The first-order chi connectivity index (χ1) is 12.5. The van der Waals surface area contributed by atoms with Gasteiger partial charge in [0.05, 0.1) is 17.2 Å². The Kier molecular flexibility index (Phi) is 8.13. The van der Waals surface area contributed by atoms with Gasteiger partial charge in [-0.15, -0.1) is 0 Å². The highest BCUT2D eigenvalue weighted by molar-refractivity contribution is 9.10. The molecule has 0 saturated carbocycles. The average molecular weight is 440 g/mol. The summed E-state index contributed by atoms with van der Waals surface area (Å²) in [5.41, 5.74) is 0.740. The standard InChI is InChI=1S/C20H20BrClO4/c1-2-3-7-12-25-20(24)18(14-8-5-4-6-9-14)26-19(23)16-11-10-15(21)13-17(16)22/h4-6,8-11,13,18H,2-3,7,12H2,1H3. The molecule has 138 valence electrons. The number of esters is 2. The number of carbonyl (C=O) groups is 2. The normalized spacial score (nSPS) is 11.7. The van der Waals surface area contributed by atoms with E-state index in [2.05, 4.69) is 22.9 Å². The molecule has 26 heavy (non-hydrogen) atoms. The summed E-state index contributed by atoms with van der Waals surface area (Å²) >= 11 is 9.39. The fraction of sp³-hybridized carbons (Fsp3) is 0.300. The summed E-state index contributed by atoms with van der Waals surface area (Å²) in [7, 11) is 0. The van der Waals surface area contributed by atoms with Crippen molar-refractivity contribution < 1.29 is 19.1 Å². The van der Waals surface area contributed by atoms with Crippen LogP contribution in [-0.2, 0) is 14.3 Å². The lowest BCUT2D eigenvalue weighted by Crippen LogP contribution is -2.22. The maximum Gasteiger partial charge on any atom is 0.352 e. The van der Waals surface area contributed by atoms with Gasteiger partial charge in [0.1, 0.15) is 0 Å². The third-order valence-corrected chi connectivity index (χ3v) is 4.49. The van der Waals surface area contributed by atoms with Gasteiger partial charge in [-0.2, -0.15) is 0 Å². The number of unbranched alkanes of at least 4 members (excludes halogenated alkanes) is 2. The Labute approximate surface area is 166 Å². The van der Waals surface area contributed by atoms with Crippen molar-refractivity contribution in [1.29, 1.82) is 0 Å². The first-order valence-corrected chi connectivity index (χ1v) is 9.57. The number of rotatable bonds is 8. The predicted molar refractivity (Wildman–Crippen MR) is 104 cm³/mol. The van der Waals surface area contributed by atoms with Crippen LogP contribution in [0, 0.1) is 0 Å². The van der Waals surface area contributed by atoms with Gasteiger partial charge in [-0.05, 0) is 24.6 Å². The van der Waals surface area contributed by atoms with Crippen molar-refractivity contribution in [2.75, 3.05) is 6.61 Å². The van der Waals surface area contributed by atoms with E-state index in [0.29, 0.717) is 12.2 Å². The number of carbonyl (C=O) groups excluding carboxylic acids is 2. The van der Waals surface area contributed by atoms with Crippen molar-refractivity contribution >= 4 is 39.5 Å². The maximum absolute atomic E-state index is 12.5. The molecule has 2 aromatic carbocycles. The molecule has 1 atom stereocenters. The SMILES string of the molecule is CCCCCOC(=O)C(OC(=O)c1ccc(Br)cc1Cl)c1ccccc1. The number of benzene rings is 2. The summed E-state index contributed by atoms with van der Waals surface area (Å²) in [5, 5.41) is 0.243. The van der Waals surface area contributed by atoms with Crippen LogP contribution >= 0.6 is 27.5 Å². The second kappa shape index (κ2) is 10.3. The molecule has 2 rings (SSSR count). The van der Waals surface area contributed by atoms with Crippen molar-refractivity contribution in [2.24, 2.45) is 0 Å². The molecule has 0 aliphatic heterocycles. The molecule has 0 amide bonds. The number of hydrogen-bond donors (Lipinski definition) is 0. The van der Waals surface area contributed by atoms with Crippen LogP contribution in [0.3, 0.4) is 0 Å². The molecule has 0 spiro atoms. The molecular formula is C20H20BrClO4. The molecule has 1 unspecified atom stereocenters. The molecule has 0 aromatic heterocycles. The smallest absolute Gasteiger partial charge is 0.352 e. The van der Waals surface area contributed by atoms with E-state index in [1.165, 1.54) is 0 Å². The van der Waals surface area contributed by atoms with E-state index < -0.39 is 18.0 Å². The van der Waals surface area contributed by atoms with Crippen LogP contribution < -0.4 is 0 Å². The molecule has 0 radical (unpaired) electrons. The lowest BCUT2D eigenvalue weighted by atomic mass is 10.1. The average Bonchev–Trinajstić information content (AvgIpc) is 2.63. The Morgan fingerprint density at radius 2 is 1.85 bits per heavy atom. The minimum atomic E-state index is -1.13. The molecule has 2 aromatic rings. The second-order valence-electron chi connectivity index (χ2n) is 5.69. The van der Waals surface area contributed by atoms with E-state index >= 15 is 0 Å². The van der Waals surface area contributed by atoms with E-state index in [-0.39, 0.29) is 10.6 Å². The predicted octanol–water partition coefficient (Wildman–Crippen LogP) is 5.73. The van der Waals surface area contributed by atoms with Crippen molar-refractivity contribution in [1.82, 2.24) is 0 Å². The Bertz CT molecular complexity index is 749. The van der Waals surface area contributed by atoms with Gasteiger partial charge in [-0.25, -0.2) is 9.59 Å². The summed E-state index contributed by atoms with van der Waals surface area (Å²) in [6.07, 6.45) is 1.63. The van der Waals surface area contributed by atoms with Crippen molar-refractivity contribution in [3.63, 3.8) is 0 Å². The fourth-order valence-corrected chi connectivity index (χ4v) is 3.06. The zero-order valence-corrected chi connectivity index (χ0v) is 16.8. The molecule has 0 aliphatic carbocycles. The number of halogens is 2. The first kappa shape index (κ1) is 20.5. The highest BCUT2D eigenvalue weighted by Gasteiger charge is 2.27. The Hall–Kier alpha value is -1.85. The topological polar surface area (TPSA) is 52.6 Å². The molecule has 4 nitrogen and oxygen atoms in total. The van der Waals surface area contributed by atoms with Gasteiger partial charge >= 0.3 is 11.9 Å². The van der Waals surface area contributed by atoms with Crippen LogP contribution in [0.1, 0.15) is 48.2 Å². The van der Waals surface area contributed by atoms with Crippen molar-refractivity contribution in [3.8, 4) is 0 Å². The lowest BCUT2D eigenvalue weighted by Gasteiger charge is -2.17. The Morgan fingerprint density at radius 1 is 1.12 bits per heavy atom. The summed E-state index contributed by atoms with van der Waals surface area (Å²) in [4.78, 5) is 25.0. The third kappa shape index (κ3) is 5.85. The fourth-order valence-electron chi connectivity index (χ4n) is 2.31. The van der Waals surface area contributed by atoms with Crippen LogP contribution in [0.2, 0.25) is 5.02 Å². The molecule has 0 aliphatic rings. The van der Waals surface area contributed by atoms with Gasteiger partial charge in [-0.1, -0.05) is 77.6 Å². The second-order valence-corrected chi connectivity index (χ2v) is 7.02. The minimum Gasteiger partial charge on any atom is -0.463 e. The van der Waals surface area contributed by atoms with E-state index in [9.17, 15) is 9.59 Å². The summed E-state index contributed by atoms with van der Waals surface area (Å²) in [6.45, 7) is 2.37. The molecular weight excluding hydrogens is 420 g/mol. The summed E-state index contributed by atoms with van der Waals surface area (Å²) < 4.78 is 11.5. The van der Waals surface area contributed by atoms with Crippen molar-refractivity contribution in [2.45, 2.75) is 32.3 Å². The highest BCUT2D eigenvalue weighted by atomic mass is 79.9. The van der Waals surface area contributed by atoms with Gasteiger partial charge < -0.3 is 9.47 Å². The molecule has 0 saturated heterocycles. The molecule has 6 heteroatoms. The van der Waals surface area contributed by atoms with E-state index in [4.69, 9.17) is 21.1 Å². The zero-order chi connectivity index (χ0) is 18.9. The van der Waals surface area contributed by atoms with Crippen LogP contribution in [0.15, 0.2) is 53.0 Å². The van der Waals surface area contributed by atoms with E-state index in [1.54, 1.807) is 42.5 Å². The lowest BCUT2D eigenvalue weighted by molar-refractivity contribution is -0.154. The number of ether oxygens (including phenoxy) is 2. The summed E-state index contributed by atoms with van der Waals surface area (Å²) in [6, 6.07) is 13.6. The van der Waals surface area contributed by atoms with Gasteiger partial charge in [-0.3, -0.25) is 0 Å². The Morgan fingerprint density at radius 3 is 2.50 bits per heavy atom. The quantitative estimate of drug-likeness (QED) is 0.389. The molecule has 0 heterocycles. The molecule has 0 bridgehead atoms. The van der Waals surface area contributed by atoms with Crippen molar-refractivity contribution in [3.05, 3.63) is 69.2 Å². The van der Waals surface area contributed by atoms with Gasteiger partial charge in [0.2, 0.25) is 6.10 Å². The van der Waals surface area contributed by atoms with Gasteiger partial charge in [0.15, 0.2) is 0 Å². The highest BCUT2D eigenvalue weighted by Crippen LogP contribution is 2.26. The summed E-state index contributed by atoms with van der Waals surface area (Å²) in [5.74, 6) is -1.27. The zero-order valence-electron chi connectivity index (χ0n) is 14.4. The van der Waals surface area contributed by atoms with E-state index in [0.717, 1.165) is 23.7 Å². The minimum absolute atomic E-state index is 0.189. The van der Waals surface area contributed by atoms with Crippen LogP contribution in [0.4, 0.5) is 0 Å². The van der Waals surface area contributed by atoms with Crippen LogP contribution in [0.5, 0.6) is 0 Å². The van der Waals surface area contributed by atoms with Crippen LogP contribution in [-0.4, -0.2) is 18.5 Å². The first-order valence-electron chi connectivity index (χ1n) is 8.40. The number of hydrogen-bond acceptors (Lipinski definition) is 4. The molecule has 0 N–H and O–H groups in total. The Balaban J connectivity index is 2.16. The molecule has 0 fully saturated rings. The largest absolute Gasteiger partial charge is 0.463 e. The van der Waals surface area contributed by atoms with Gasteiger partial charge in [0, 0.05) is 10.0 Å². The van der Waals surface area contributed by atoms with Gasteiger partial charge in [0.25, 0.3) is 0 Å².